The number of amides is 1. The number of aliphatic carboxylic acids is 1. The van der Waals surface area contributed by atoms with Crippen LogP contribution in [-0.2, 0) is 17.6 Å². The largest absolute Gasteiger partial charge is 0.481 e. The molecule has 0 spiro atoms. The van der Waals surface area contributed by atoms with Crippen LogP contribution < -0.4 is 5.32 Å². The third kappa shape index (κ3) is 2.59. The Labute approximate surface area is 143 Å². The number of carboxylic acid groups (broad SMARTS) is 1. The van der Waals surface area contributed by atoms with Gasteiger partial charge in [-0.15, -0.1) is 0 Å². The molecule has 4 rings (SSSR count). The quantitative estimate of drug-likeness (QED) is 0.871. The van der Waals surface area contributed by atoms with Crippen molar-refractivity contribution in [3.8, 4) is 5.69 Å². The maximum Gasteiger partial charge on any atom is 0.311 e. The number of nitrogens with zero attached hydrogens (tertiary/aromatic N) is 2. The molecule has 130 valence electrons. The molecule has 1 aromatic heterocycles. The highest BCUT2D eigenvalue weighted by molar-refractivity contribution is 5.94. The lowest BCUT2D eigenvalue weighted by Gasteiger charge is -2.10. The molecule has 0 bridgehead atoms. The van der Waals surface area contributed by atoms with Gasteiger partial charge in [0.1, 0.15) is 11.5 Å². The molecule has 1 heterocycles. The van der Waals surface area contributed by atoms with Gasteiger partial charge in [0.05, 0.1) is 5.41 Å². The molecule has 0 saturated heterocycles. The number of halogens is 1. The van der Waals surface area contributed by atoms with Crippen molar-refractivity contribution in [3.05, 3.63) is 47.0 Å². The van der Waals surface area contributed by atoms with Crippen molar-refractivity contribution < 1.29 is 19.1 Å². The fourth-order valence-electron chi connectivity index (χ4n) is 3.39. The molecular weight excluding hydrogens is 325 g/mol. The summed E-state index contributed by atoms with van der Waals surface area (Å²) in [7, 11) is 0. The molecule has 1 saturated carbocycles. The molecule has 7 heteroatoms. The predicted octanol–water partition coefficient (Wildman–Crippen LogP) is 2.09. The molecule has 2 aromatic rings. The first kappa shape index (κ1) is 15.8. The molecule has 2 aliphatic rings. The summed E-state index contributed by atoms with van der Waals surface area (Å²) in [5.74, 6) is -1.66. The number of nitrogens with one attached hydrogen (secondary N) is 1. The van der Waals surface area contributed by atoms with Gasteiger partial charge in [-0.3, -0.25) is 9.59 Å². The summed E-state index contributed by atoms with van der Waals surface area (Å²) in [5, 5.41) is 16.3. The van der Waals surface area contributed by atoms with E-state index < -0.39 is 17.2 Å². The Bertz CT molecular complexity index is 870. The van der Waals surface area contributed by atoms with Crippen LogP contribution in [-0.4, -0.2) is 33.3 Å². The Kier molecular flexibility index (Phi) is 3.59. The van der Waals surface area contributed by atoms with E-state index in [2.05, 4.69) is 10.4 Å². The van der Waals surface area contributed by atoms with Crippen molar-refractivity contribution in [3.63, 3.8) is 0 Å². The molecule has 2 aliphatic carbocycles. The highest BCUT2D eigenvalue weighted by atomic mass is 19.1. The average Bonchev–Trinajstić information content (AvgIpc) is 3.09. The fraction of sp³-hybridized carbons (Fsp3) is 0.389. The van der Waals surface area contributed by atoms with Gasteiger partial charge in [-0.2, -0.15) is 5.10 Å². The summed E-state index contributed by atoms with van der Waals surface area (Å²) < 4.78 is 15.6. The van der Waals surface area contributed by atoms with Crippen LogP contribution in [0.4, 0.5) is 4.39 Å². The van der Waals surface area contributed by atoms with Crippen LogP contribution in [0.1, 0.15) is 41.0 Å². The van der Waals surface area contributed by atoms with Gasteiger partial charge in [0.25, 0.3) is 5.91 Å². The first-order valence-electron chi connectivity index (χ1n) is 8.39. The second kappa shape index (κ2) is 5.68. The van der Waals surface area contributed by atoms with Crippen LogP contribution in [0.15, 0.2) is 24.3 Å². The van der Waals surface area contributed by atoms with E-state index in [4.69, 9.17) is 0 Å². The van der Waals surface area contributed by atoms with E-state index in [1.54, 1.807) is 18.2 Å². The van der Waals surface area contributed by atoms with E-state index in [9.17, 15) is 19.1 Å². The number of hydrogen-bond donors (Lipinski definition) is 2. The Hall–Kier alpha value is -2.70. The fourth-order valence-corrected chi connectivity index (χ4v) is 3.39. The summed E-state index contributed by atoms with van der Waals surface area (Å²) in [6, 6.07) is 6.33. The van der Waals surface area contributed by atoms with Crippen molar-refractivity contribution in [1.29, 1.82) is 0 Å². The molecule has 2 N–H and O–H groups in total. The lowest BCUT2D eigenvalue weighted by Crippen LogP contribution is -2.34. The second-order valence-corrected chi connectivity index (χ2v) is 6.76. The molecule has 6 nitrogen and oxygen atoms in total. The van der Waals surface area contributed by atoms with Gasteiger partial charge in [-0.1, -0.05) is 12.1 Å². The zero-order chi connectivity index (χ0) is 17.6. The smallest absolute Gasteiger partial charge is 0.311 e. The van der Waals surface area contributed by atoms with E-state index in [1.165, 1.54) is 10.7 Å². The molecular formula is C18H18FN3O3. The summed E-state index contributed by atoms with van der Waals surface area (Å²) >= 11 is 0. The van der Waals surface area contributed by atoms with E-state index in [0.717, 1.165) is 30.5 Å². The number of carbonyl (C=O) groups is 2. The number of hydrogen-bond acceptors (Lipinski definition) is 3. The standard InChI is InChI=1S/C18H18FN3O3/c19-12-5-1-2-6-14(12)22-13-7-3-4-11(13)15(21-22)16(23)20-10-18(8-9-18)17(24)25/h1-2,5-6H,3-4,7-10H2,(H,20,23)(H,24,25). The van der Waals surface area contributed by atoms with Gasteiger partial charge in [0, 0.05) is 17.8 Å². The zero-order valence-corrected chi connectivity index (χ0v) is 13.6. The summed E-state index contributed by atoms with van der Waals surface area (Å²) in [5.41, 5.74) is 1.46. The summed E-state index contributed by atoms with van der Waals surface area (Å²) in [4.78, 5) is 23.8. The van der Waals surface area contributed by atoms with Gasteiger partial charge < -0.3 is 10.4 Å². The lowest BCUT2D eigenvalue weighted by atomic mass is 10.1. The van der Waals surface area contributed by atoms with Crippen LogP contribution in [0.5, 0.6) is 0 Å². The minimum Gasteiger partial charge on any atom is -0.481 e. The molecule has 0 radical (unpaired) electrons. The SMILES string of the molecule is O=C(NCC1(C(=O)O)CC1)c1nn(-c2ccccc2F)c2c1CCC2. The molecule has 1 amide bonds. The van der Waals surface area contributed by atoms with Gasteiger partial charge in [-0.25, -0.2) is 9.07 Å². The Morgan fingerprint density at radius 3 is 2.72 bits per heavy atom. The number of carbonyl (C=O) groups excluding carboxylic acids is 1. The third-order valence-corrected chi connectivity index (χ3v) is 5.12. The van der Waals surface area contributed by atoms with Crippen molar-refractivity contribution in [2.24, 2.45) is 5.41 Å². The Morgan fingerprint density at radius 1 is 1.28 bits per heavy atom. The minimum absolute atomic E-state index is 0.0997. The maximum atomic E-state index is 14.1. The monoisotopic (exact) mass is 343 g/mol. The number of carboxylic acids is 1. The molecule has 0 atom stereocenters. The predicted molar refractivity (Wildman–Crippen MR) is 87.2 cm³/mol. The van der Waals surface area contributed by atoms with E-state index in [1.807, 2.05) is 0 Å². The van der Waals surface area contributed by atoms with Crippen molar-refractivity contribution in [1.82, 2.24) is 15.1 Å². The maximum absolute atomic E-state index is 14.1. The normalized spacial score (nSPS) is 17.2. The van der Waals surface area contributed by atoms with Crippen LogP contribution in [0.3, 0.4) is 0 Å². The van der Waals surface area contributed by atoms with Crippen LogP contribution in [0, 0.1) is 11.2 Å². The molecule has 1 fully saturated rings. The zero-order valence-electron chi connectivity index (χ0n) is 13.6. The van der Waals surface area contributed by atoms with Crippen molar-refractivity contribution >= 4 is 11.9 Å². The van der Waals surface area contributed by atoms with Crippen LogP contribution >= 0.6 is 0 Å². The van der Waals surface area contributed by atoms with Crippen molar-refractivity contribution in [2.75, 3.05) is 6.54 Å². The first-order valence-corrected chi connectivity index (χ1v) is 8.39. The highest BCUT2D eigenvalue weighted by Crippen LogP contribution is 2.45. The number of fused-ring (bicyclic) bond motifs is 1. The number of para-hydroxylation sites is 1. The number of rotatable bonds is 5. The average molecular weight is 343 g/mol. The Balaban J connectivity index is 1.63. The van der Waals surface area contributed by atoms with E-state index in [0.29, 0.717) is 18.5 Å². The lowest BCUT2D eigenvalue weighted by molar-refractivity contribution is -0.143. The van der Waals surface area contributed by atoms with Crippen LogP contribution in [0.2, 0.25) is 0 Å². The summed E-state index contributed by atoms with van der Waals surface area (Å²) in [6.07, 6.45) is 3.50. The minimum atomic E-state index is -0.880. The first-order chi connectivity index (χ1) is 12.0. The van der Waals surface area contributed by atoms with E-state index >= 15 is 0 Å². The summed E-state index contributed by atoms with van der Waals surface area (Å²) in [6.45, 7) is 0.0997. The molecule has 1 aromatic carbocycles. The van der Waals surface area contributed by atoms with Gasteiger partial charge in [0.2, 0.25) is 0 Å². The topological polar surface area (TPSA) is 84.2 Å². The van der Waals surface area contributed by atoms with Crippen molar-refractivity contribution in [2.45, 2.75) is 32.1 Å². The molecule has 0 unspecified atom stereocenters. The highest BCUT2D eigenvalue weighted by Gasteiger charge is 2.50. The molecule has 0 aliphatic heterocycles. The van der Waals surface area contributed by atoms with Gasteiger partial charge >= 0.3 is 5.97 Å². The molecule has 25 heavy (non-hydrogen) atoms. The number of benzene rings is 1. The van der Waals surface area contributed by atoms with Gasteiger partial charge in [0.15, 0.2) is 5.69 Å². The van der Waals surface area contributed by atoms with Crippen LogP contribution in [0.25, 0.3) is 5.69 Å². The second-order valence-electron chi connectivity index (χ2n) is 6.76. The Morgan fingerprint density at radius 2 is 2.04 bits per heavy atom. The van der Waals surface area contributed by atoms with Gasteiger partial charge in [-0.05, 0) is 44.2 Å². The third-order valence-electron chi connectivity index (χ3n) is 5.12. The number of aromatic nitrogens is 2. The van der Waals surface area contributed by atoms with E-state index in [-0.39, 0.29) is 18.1 Å².